The van der Waals surface area contributed by atoms with Crippen LogP contribution in [0.5, 0.6) is 0 Å². The summed E-state index contributed by atoms with van der Waals surface area (Å²) in [7, 11) is 0. The molecule has 0 radical (unpaired) electrons. The molecule has 0 atom stereocenters. The molecule has 0 spiro atoms. The predicted octanol–water partition coefficient (Wildman–Crippen LogP) is 4.85. The lowest BCUT2D eigenvalue weighted by Gasteiger charge is -2.12. The molecule has 1 N–H and O–H groups in total. The van der Waals surface area contributed by atoms with Crippen LogP contribution in [0.3, 0.4) is 0 Å². The van der Waals surface area contributed by atoms with Crippen molar-refractivity contribution in [3.8, 4) is 11.1 Å². The van der Waals surface area contributed by atoms with Gasteiger partial charge in [-0.1, -0.05) is 60.7 Å². The summed E-state index contributed by atoms with van der Waals surface area (Å²) in [6, 6.07) is 25.5. The maximum atomic E-state index is 12.7. The van der Waals surface area contributed by atoms with Gasteiger partial charge in [0, 0.05) is 35.8 Å². The largest absolute Gasteiger partial charge is 0.333 e. The molecule has 27 heavy (non-hydrogen) atoms. The van der Waals surface area contributed by atoms with Crippen LogP contribution in [0.1, 0.15) is 15.9 Å². The Morgan fingerprint density at radius 2 is 1.63 bits per heavy atom. The molecule has 1 aromatic heterocycles. The van der Waals surface area contributed by atoms with Gasteiger partial charge in [-0.25, -0.2) is 4.98 Å². The zero-order valence-electron chi connectivity index (χ0n) is 14.7. The normalized spacial score (nSPS) is 10.5. The van der Waals surface area contributed by atoms with Crippen LogP contribution >= 0.6 is 0 Å². The molecule has 132 valence electrons. The van der Waals surface area contributed by atoms with Crippen molar-refractivity contribution in [1.82, 2.24) is 9.55 Å². The monoisotopic (exact) mass is 353 g/mol. The Hall–Kier alpha value is -3.66. The molecule has 0 bridgehead atoms. The second-order valence-electron chi connectivity index (χ2n) is 6.30. The first-order valence-corrected chi connectivity index (χ1v) is 8.80. The van der Waals surface area contributed by atoms with Crippen LogP contribution in [0.25, 0.3) is 11.1 Å². The highest BCUT2D eigenvalue weighted by Gasteiger charge is 2.10. The third-order valence-corrected chi connectivity index (χ3v) is 4.40. The molecule has 4 rings (SSSR count). The van der Waals surface area contributed by atoms with Gasteiger partial charge in [-0.3, -0.25) is 4.79 Å². The van der Waals surface area contributed by atoms with Crippen molar-refractivity contribution in [2.45, 2.75) is 6.54 Å². The number of nitrogens with one attached hydrogen (secondary N) is 1. The molecule has 3 aromatic carbocycles. The summed E-state index contributed by atoms with van der Waals surface area (Å²) < 4.78 is 1.99. The standard InChI is InChI=1S/C23H19N3O/c27-23(20-12-10-18(11-13-20)16-26-15-14-24-17-26)25-22-9-5-4-8-21(22)19-6-2-1-3-7-19/h1-15,17H,16H2,(H,25,27). The van der Waals surface area contributed by atoms with Crippen LogP contribution in [-0.4, -0.2) is 15.5 Å². The minimum Gasteiger partial charge on any atom is -0.333 e. The quantitative estimate of drug-likeness (QED) is 0.557. The third kappa shape index (κ3) is 3.96. The number of rotatable bonds is 5. The Morgan fingerprint density at radius 1 is 0.889 bits per heavy atom. The second-order valence-corrected chi connectivity index (χ2v) is 6.30. The van der Waals surface area contributed by atoms with E-state index in [4.69, 9.17) is 0 Å². The molecule has 4 heteroatoms. The summed E-state index contributed by atoms with van der Waals surface area (Å²) >= 11 is 0. The van der Waals surface area contributed by atoms with E-state index in [1.165, 1.54) is 0 Å². The molecule has 4 nitrogen and oxygen atoms in total. The zero-order valence-corrected chi connectivity index (χ0v) is 14.7. The maximum Gasteiger partial charge on any atom is 0.255 e. The SMILES string of the molecule is O=C(Nc1ccccc1-c1ccccc1)c1ccc(Cn2ccnc2)cc1. The van der Waals surface area contributed by atoms with Gasteiger partial charge in [-0.05, 0) is 29.3 Å². The number of para-hydroxylation sites is 1. The Morgan fingerprint density at radius 3 is 2.37 bits per heavy atom. The number of aromatic nitrogens is 2. The van der Waals surface area contributed by atoms with Gasteiger partial charge in [0.15, 0.2) is 0 Å². The van der Waals surface area contributed by atoms with Crippen molar-refractivity contribution in [2.75, 3.05) is 5.32 Å². The van der Waals surface area contributed by atoms with Crippen molar-refractivity contribution in [3.05, 3.63) is 109 Å². The molecule has 1 amide bonds. The van der Waals surface area contributed by atoms with E-state index in [0.717, 1.165) is 28.9 Å². The number of nitrogens with zero attached hydrogens (tertiary/aromatic N) is 2. The number of amides is 1. The Bertz CT molecular complexity index is 1020. The fraction of sp³-hybridized carbons (Fsp3) is 0.0435. The van der Waals surface area contributed by atoms with Gasteiger partial charge < -0.3 is 9.88 Å². The van der Waals surface area contributed by atoms with Gasteiger partial charge in [0.25, 0.3) is 5.91 Å². The molecule has 0 fully saturated rings. The Kier molecular flexibility index (Phi) is 4.79. The van der Waals surface area contributed by atoms with E-state index in [-0.39, 0.29) is 5.91 Å². The van der Waals surface area contributed by atoms with Crippen molar-refractivity contribution < 1.29 is 4.79 Å². The average molecular weight is 353 g/mol. The van der Waals surface area contributed by atoms with Crippen LogP contribution in [0, 0.1) is 0 Å². The lowest BCUT2D eigenvalue weighted by Crippen LogP contribution is -2.12. The van der Waals surface area contributed by atoms with Gasteiger partial charge in [-0.2, -0.15) is 0 Å². The molecular formula is C23H19N3O. The number of carbonyl (C=O) groups is 1. The summed E-state index contributed by atoms with van der Waals surface area (Å²) in [4.78, 5) is 16.7. The van der Waals surface area contributed by atoms with Gasteiger partial charge in [0.05, 0.1) is 6.33 Å². The van der Waals surface area contributed by atoms with Crippen LogP contribution < -0.4 is 5.32 Å². The zero-order chi connectivity index (χ0) is 18.5. The molecule has 0 aliphatic carbocycles. The van der Waals surface area contributed by atoms with Crippen LogP contribution in [0.4, 0.5) is 5.69 Å². The first-order chi connectivity index (χ1) is 13.3. The first-order valence-electron chi connectivity index (χ1n) is 8.80. The number of benzene rings is 3. The summed E-state index contributed by atoms with van der Waals surface area (Å²) in [5, 5.41) is 3.04. The molecule has 0 aliphatic rings. The molecule has 1 heterocycles. The van der Waals surface area contributed by atoms with Crippen molar-refractivity contribution in [2.24, 2.45) is 0 Å². The van der Waals surface area contributed by atoms with E-state index in [1.54, 1.807) is 12.5 Å². The van der Waals surface area contributed by atoms with Gasteiger partial charge >= 0.3 is 0 Å². The van der Waals surface area contributed by atoms with Crippen molar-refractivity contribution >= 4 is 11.6 Å². The maximum absolute atomic E-state index is 12.7. The van der Waals surface area contributed by atoms with E-state index in [9.17, 15) is 4.79 Å². The molecule has 0 unspecified atom stereocenters. The average Bonchev–Trinajstić information content (AvgIpc) is 3.23. The topological polar surface area (TPSA) is 46.9 Å². The Balaban J connectivity index is 1.51. The van der Waals surface area contributed by atoms with Gasteiger partial charge in [0.2, 0.25) is 0 Å². The van der Waals surface area contributed by atoms with Crippen molar-refractivity contribution in [1.29, 1.82) is 0 Å². The first kappa shape index (κ1) is 16.8. The van der Waals surface area contributed by atoms with Crippen LogP contribution in [-0.2, 0) is 6.54 Å². The molecule has 0 saturated heterocycles. The van der Waals surface area contributed by atoms with Gasteiger partial charge in [0.1, 0.15) is 0 Å². The second kappa shape index (κ2) is 7.70. The molecule has 0 saturated carbocycles. The summed E-state index contributed by atoms with van der Waals surface area (Å²) in [5.41, 5.74) is 4.63. The highest BCUT2D eigenvalue weighted by atomic mass is 16.1. The number of anilines is 1. The third-order valence-electron chi connectivity index (χ3n) is 4.40. The highest BCUT2D eigenvalue weighted by Crippen LogP contribution is 2.27. The molecular weight excluding hydrogens is 334 g/mol. The molecule has 0 aliphatic heterocycles. The smallest absolute Gasteiger partial charge is 0.255 e. The summed E-state index contributed by atoms with van der Waals surface area (Å²) in [6.45, 7) is 0.735. The summed E-state index contributed by atoms with van der Waals surface area (Å²) in [6.07, 6.45) is 5.45. The lowest BCUT2D eigenvalue weighted by molar-refractivity contribution is 0.102. The van der Waals surface area contributed by atoms with E-state index in [2.05, 4.69) is 10.3 Å². The van der Waals surface area contributed by atoms with Gasteiger partial charge in [-0.15, -0.1) is 0 Å². The van der Waals surface area contributed by atoms with E-state index < -0.39 is 0 Å². The number of hydrogen-bond donors (Lipinski definition) is 1. The fourth-order valence-electron chi connectivity index (χ4n) is 3.01. The Labute approximate surface area is 158 Å². The number of carbonyl (C=O) groups excluding carboxylic acids is 1. The highest BCUT2D eigenvalue weighted by molar-refractivity contribution is 6.06. The van der Waals surface area contributed by atoms with Crippen LogP contribution in [0.15, 0.2) is 97.6 Å². The van der Waals surface area contributed by atoms with E-state index in [0.29, 0.717) is 5.56 Å². The van der Waals surface area contributed by atoms with E-state index >= 15 is 0 Å². The van der Waals surface area contributed by atoms with E-state index in [1.807, 2.05) is 89.6 Å². The number of imidazole rings is 1. The lowest BCUT2D eigenvalue weighted by atomic mass is 10.0. The predicted molar refractivity (Wildman–Crippen MR) is 108 cm³/mol. The van der Waals surface area contributed by atoms with Crippen molar-refractivity contribution in [3.63, 3.8) is 0 Å². The molecule has 4 aromatic rings. The minimum absolute atomic E-state index is 0.118. The fourth-order valence-corrected chi connectivity index (χ4v) is 3.01. The summed E-state index contributed by atoms with van der Waals surface area (Å²) in [5.74, 6) is -0.118. The number of hydrogen-bond acceptors (Lipinski definition) is 2. The van der Waals surface area contributed by atoms with Crippen LogP contribution in [0.2, 0.25) is 0 Å². The minimum atomic E-state index is -0.118.